The number of hydrogen-bond acceptors (Lipinski definition) is 2. The van der Waals surface area contributed by atoms with Gasteiger partial charge in [-0.3, -0.25) is 0 Å². The zero-order valence-electron chi connectivity index (χ0n) is 11.0. The predicted octanol–water partition coefficient (Wildman–Crippen LogP) is 3.50. The normalized spacial score (nSPS) is 11.6. The second-order valence-corrected chi connectivity index (χ2v) is 5.13. The van der Waals surface area contributed by atoms with Gasteiger partial charge in [0.2, 0.25) is 0 Å². The van der Waals surface area contributed by atoms with E-state index in [-0.39, 0.29) is 5.60 Å². The predicted molar refractivity (Wildman–Crippen MR) is 67.1 cm³/mol. The van der Waals surface area contributed by atoms with Gasteiger partial charge in [-0.05, 0) is 57.9 Å². The van der Waals surface area contributed by atoms with Gasteiger partial charge in [0, 0.05) is 0 Å². The summed E-state index contributed by atoms with van der Waals surface area (Å²) in [5.41, 5.74) is 2.37. The average Bonchev–Trinajstić information content (AvgIpc) is 2.09. The number of ether oxygens (including phenoxy) is 2. The number of rotatable bonds is 4. The molecule has 0 aliphatic rings. The molecule has 0 heterocycles. The van der Waals surface area contributed by atoms with E-state index in [1.165, 1.54) is 11.1 Å². The molecule has 1 rings (SSSR count). The van der Waals surface area contributed by atoms with Gasteiger partial charge in [-0.25, -0.2) is 0 Å². The molecule has 90 valence electrons. The Morgan fingerprint density at radius 3 is 2.00 bits per heavy atom. The minimum absolute atomic E-state index is 0.0914. The summed E-state index contributed by atoms with van der Waals surface area (Å²) in [7, 11) is 0. The van der Waals surface area contributed by atoms with E-state index in [1.807, 2.05) is 32.9 Å². The molecule has 16 heavy (non-hydrogen) atoms. The van der Waals surface area contributed by atoms with Gasteiger partial charge in [0.25, 0.3) is 0 Å². The summed E-state index contributed by atoms with van der Waals surface area (Å²) in [5, 5.41) is 0. The van der Waals surface area contributed by atoms with Crippen LogP contribution < -0.4 is 4.74 Å². The van der Waals surface area contributed by atoms with Gasteiger partial charge in [0.05, 0.1) is 12.2 Å². The first-order chi connectivity index (χ1) is 7.37. The molecule has 0 unspecified atom stereocenters. The van der Waals surface area contributed by atoms with Crippen LogP contribution in [0.1, 0.15) is 31.9 Å². The van der Waals surface area contributed by atoms with Gasteiger partial charge in [0.1, 0.15) is 12.4 Å². The lowest BCUT2D eigenvalue weighted by molar-refractivity contribution is -0.0163. The van der Waals surface area contributed by atoms with E-state index in [0.29, 0.717) is 13.2 Å². The highest BCUT2D eigenvalue weighted by Gasteiger charge is 2.09. The van der Waals surface area contributed by atoms with Gasteiger partial charge in [-0.1, -0.05) is 6.07 Å². The van der Waals surface area contributed by atoms with Gasteiger partial charge in [-0.15, -0.1) is 0 Å². The molecular weight excluding hydrogens is 200 g/mol. The van der Waals surface area contributed by atoms with Crippen LogP contribution in [0.3, 0.4) is 0 Å². The van der Waals surface area contributed by atoms with Crippen molar-refractivity contribution in [1.29, 1.82) is 0 Å². The largest absolute Gasteiger partial charge is 0.491 e. The highest BCUT2D eigenvalue weighted by molar-refractivity contribution is 5.32. The smallest absolute Gasteiger partial charge is 0.119 e. The topological polar surface area (TPSA) is 18.5 Å². The van der Waals surface area contributed by atoms with Crippen LogP contribution in [0.2, 0.25) is 0 Å². The maximum atomic E-state index is 5.64. The zero-order chi connectivity index (χ0) is 12.2. The summed E-state index contributed by atoms with van der Waals surface area (Å²) >= 11 is 0. The van der Waals surface area contributed by atoms with Crippen LogP contribution in [0.4, 0.5) is 0 Å². The van der Waals surface area contributed by atoms with Crippen molar-refractivity contribution >= 4 is 0 Å². The molecule has 0 N–H and O–H groups in total. The fraction of sp³-hybridized carbons (Fsp3) is 0.571. The van der Waals surface area contributed by atoms with Gasteiger partial charge in [0.15, 0.2) is 0 Å². The van der Waals surface area contributed by atoms with Crippen molar-refractivity contribution in [2.24, 2.45) is 0 Å². The van der Waals surface area contributed by atoms with Crippen LogP contribution in [0.15, 0.2) is 18.2 Å². The Morgan fingerprint density at radius 1 is 0.938 bits per heavy atom. The molecule has 0 aromatic heterocycles. The number of benzene rings is 1. The minimum Gasteiger partial charge on any atom is -0.491 e. The van der Waals surface area contributed by atoms with Crippen LogP contribution in [0.25, 0.3) is 0 Å². The fourth-order valence-corrected chi connectivity index (χ4v) is 1.52. The third-order valence-corrected chi connectivity index (χ3v) is 2.08. The van der Waals surface area contributed by atoms with Crippen molar-refractivity contribution in [3.63, 3.8) is 0 Å². The summed E-state index contributed by atoms with van der Waals surface area (Å²) < 4.78 is 11.2. The number of hydrogen-bond donors (Lipinski definition) is 0. The van der Waals surface area contributed by atoms with Gasteiger partial charge >= 0.3 is 0 Å². The molecule has 2 nitrogen and oxygen atoms in total. The van der Waals surface area contributed by atoms with E-state index in [4.69, 9.17) is 9.47 Å². The molecule has 1 aromatic carbocycles. The summed E-state index contributed by atoms with van der Waals surface area (Å²) in [6.07, 6.45) is 0. The first-order valence-electron chi connectivity index (χ1n) is 5.72. The molecule has 0 fully saturated rings. The van der Waals surface area contributed by atoms with Crippen molar-refractivity contribution in [2.75, 3.05) is 13.2 Å². The third-order valence-electron chi connectivity index (χ3n) is 2.08. The molecule has 0 saturated carbocycles. The Labute approximate surface area is 98.6 Å². The SMILES string of the molecule is Cc1cc(C)cc(OCCOC(C)(C)C)c1. The summed E-state index contributed by atoms with van der Waals surface area (Å²) in [5.74, 6) is 0.926. The molecule has 0 radical (unpaired) electrons. The lowest BCUT2D eigenvalue weighted by Crippen LogP contribution is -2.22. The highest BCUT2D eigenvalue weighted by atomic mass is 16.5. The van der Waals surface area contributed by atoms with Crippen molar-refractivity contribution in [3.05, 3.63) is 29.3 Å². The second-order valence-electron chi connectivity index (χ2n) is 5.13. The highest BCUT2D eigenvalue weighted by Crippen LogP contribution is 2.16. The van der Waals surface area contributed by atoms with Crippen LogP contribution in [0, 0.1) is 13.8 Å². The summed E-state index contributed by atoms with van der Waals surface area (Å²) in [6.45, 7) is 11.5. The number of aryl methyl sites for hydroxylation is 2. The average molecular weight is 222 g/mol. The van der Waals surface area contributed by atoms with E-state index in [9.17, 15) is 0 Å². The first kappa shape index (κ1) is 13.0. The maximum Gasteiger partial charge on any atom is 0.119 e. The molecule has 2 heteroatoms. The quantitative estimate of drug-likeness (QED) is 0.726. The van der Waals surface area contributed by atoms with Crippen LogP contribution >= 0.6 is 0 Å². The summed E-state index contributed by atoms with van der Waals surface area (Å²) in [4.78, 5) is 0. The van der Waals surface area contributed by atoms with E-state index in [0.717, 1.165) is 5.75 Å². The molecule has 0 bridgehead atoms. The molecule has 0 aliphatic heterocycles. The van der Waals surface area contributed by atoms with Crippen LogP contribution in [-0.4, -0.2) is 18.8 Å². The van der Waals surface area contributed by atoms with Gasteiger partial charge < -0.3 is 9.47 Å². The Balaban J connectivity index is 2.37. The Hall–Kier alpha value is -1.02. The molecule has 0 aliphatic carbocycles. The van der Waals surface area contributed by atoms with Crippen molar-refractivity contribution in [3.8, 4) is 5.75 Å². The Morgan fingerprint density at radius 2 is 1.50 bits per heavy atom. The second kappa shape index (κ2) is 5.35. The van der Waals surface area contributed by atoms with Gasteiger partial charge in [-0.2, -0.15) is 0 Å². The van der Waals surface area contributed by atoms with Crippen LogP contribution in [-0.2, 0) is 4.74 Å². The van der Waals surface area contributed by atoms with E-state index in [2.05, 4.69) is 19.9 Å². The minimum atomic E-state index is -0.0914. The van der Waals surface area contributed by atoms with Crippen molar-refractivity contribution < 1.29 is 9.47 Å². The first-order valence-corrected chi connectivity index (χ1v) is 5.72. The van der Waals surface area contributed by atoms with Crippen LogP contribution in [0.5, 0.6) is 5.75 Å². The maximum absolute atomic E-state index is 5.64. The lowest BCUT2D eigenvalue weighted by Gasteiger charge is -2.19. The molecule has 0 atom stereocenters. The monoisotopic (exact) mass is 222 g/mol. The standard InChI is InChI=1S/C14H22O2/c1-11-8-12(2)10-13(9-11)15-6-7-16-14(3,4)5/h8-10H,6-7H2,1-5H3. The molecule has 0 spiro atoms. The van der Waals surface area contributed by atoms with E-state index in [1.54, 1.807) is 0 Å². The van der Waals surface area contributed by atoms with Crippen molar-refractivity contribution in [2.45, 2.75) is 40.2 Å². The fourth-order valence-electron chi connectivity index (χ4n) is 1.52. The van der Waals surface area contributed by atoms with E-state index < -0.39 is 0 Å². The molecule has 0 amide bonds. The molecular formula is C14H22O2. The Bertz CT molecular complexity index is 317. The lowest BCUT2D eigenvalue weighted by atomic mass is 10.1. The molecule has 1 aromatic rings. The Kier molecular flexibility index (Phi) is 4.36. The van der Waals surface area contributed by atoms with E-state index >= 15 is 0 Å². The molecule has 0 saturated heterocycles. The third kappa shape index (κ3) is 5.17. The van der Waals surface area contributed by atoms with Crippen molar-refractivity contribution in [1.82, 2.24) is 0 Å². The zero-order valence-corrected chi connectivity index (χ0v) is 11.0. The summed E-state index contributed by atoms with van der Waals surface area (Å²) in [6, 6.07) is 6.23.